The molecule has 1 saturated heterocycles. The van der Waals surface area contributed by atoms with Crippen LogP contribution < -0.4 is 10.1 Å². The van der Waals surface area contributed by atoms with Gasteiger partial charge in [0.1, 0.15) is 11.6 Å². The van der Waals surface area contributed by atoms with Crippen molar-refractivity contribution in [3.05, 3.63) is 29.6 Å². The molecular weight excluding hydrogens is 307 g/mol. The number of carbonyl (C=O) groups excluding carboxylic acids is 2. The molecule has 22 heavy (non-hydrogen) atoms. The van der Waals surface area contributed by atoms with Gasteiger partial charge in [-0.05, 0) is 25.1 Å². The van der Waals surface area contributed by atoms with Crippen LogP contribution in [0.3, 0.4) is 0 Å². The number of methoxy groups -OCH3 is 1. The van der Waals surface area contributed by atoms with Crippen LogP contribution in [-0.2, 0) is 4.79 Å². The second-order valence-corrected chi connectivity index (χ2v) is 6.07. The molecule has 0 radical (unpaired) electrons. The van der Waals surface area contributed by atoms with Crippen LogP contribution in [0.25, 0.3) is 0 Å². The van der Waals surface area contributed by atoms with Crippen LogP contribution in [0.2, 0.25) is 0 Å². The van der Waals surface area contributed by atoms with Gasteiger partial charge in [-0.2, -0.15) is 0 Å². The van der Waals surface area contributed by atoms with Gasteiger partial charge in [0.05, 0.1) is 13.2 Å². The molecule has 0 saturated carbocycles. The SMILES string of the molecule is COc1ccc(F)cc1[C@@H](C)NC(=O)CCN1CCSC1=O. The van der Waals surface area contributed by atoms with Crippen molar-refractivity contribution in [1.82, 2.24) is 10.2 Å². The van der Waals surface area contributed by atoms with Crippen LogP contribution in [0, 0.1) is 5.82 Å². The average Bonchev–Trinajstić information content (AvgIpc) is 2.90. The van der Waals surface area contributed by atoms with Gasteiger partial charge in [-0.15, -0.1) is 0 Å². The van der Waals surface area contributed by atoms with Crippen LogP contribution in [-0.4, -0.2) is 42.0 Å². The van der Waals surface area contributed by atoms with Crippen molar-refractivity contribution < 1.29 is 18.7 Å². The maximum atomic E-state index is 13.4. The molecule has 0 bridgehead atoms. The van der Waals surface area contributed by atoms with Crippen molar-refractivity contribution >= 4 is 22.9 Å². The third-order valence-corrected chi connectivity index (χ3v) is 4.38. The zero-order chi connectivity index (χ0) is 16.1. The molecule has 1 aromatic carbocycles. The number of benzene rings is 1. The summed E-state index contributed by atoms with van der Waals surface area (Å²) < 4.78 is 18.5. The van der Waals surface area contributed by atoms with Gasteiger partial charge < -0.3 is 15.0 Å². The maximum Gasteiger partial charge on any atom is 0.281 e. The van der Waals surface area contributed by atoms with E-state index in [1.165, 1.54) is 37.1 Å². The molecular formula is C15H19FN2O3S. The van der Waals surface area contributed by atoms with E-state index in [-0.39, 0.29) is 29.4 Å². The van der Waals surface area contributed by atoms with E-state index in [2.05, 4.69) is 5.32 Å². The largest absolute Gasteiger partial charge is 0.496 e. The highest BCUT2D eigenvalue weighted by atomic mass is 32.2. The molecule has 0 aromatic heterocycles. The number of amides is 2. The van der Waals surface area contributed by atoms with Crippen LogP contribution >= 0.6 is 11.8 Å². The van der Waals surface area contributed by atoms with E-state index < -0.39 is 0 Å². The van der Waals surface area contributed by atoms with Gasteiger partial charge in [0, 0.05) is 30.8 Å². The lowest BCUT2D eigenvalue weighted by Crippen LogP contribution is -2.32. The molecule has 1 aromatic rings. The van der Waals surface area contributed by atoms with Gasteiger partial charge in [-0.1, -0.05) is 11.8 Å². The fourth-order valence-corrected chi connectivity index (χ4v) is 3.15. The normalized spacial score (nSPS) is 15.8. The van der Waals surface area contributed by atoms with Crippen molar-refractivity contribution in [2.24, 2.45) is 0 Å². The van der Waals surface area contributed by atoms with Crippen molar-refractivity contribution in [2.45, 2.75) is 19.4 Å². The molecule has 1 heterocycles. The van der Waals surface area contributed by atoms with E-state index in [4.69, 9.17) is 4.74 Å². The Morgan fingerprint density at radius 1 is 1.55 bits per heavy atom. The predicted octanol–water partition coefficient (Wildman–Crippen LogP) is 2.57. The maximum absolute atomic E-state index is 13.4. The number of nitrogens with zero attached hydrogens (tertiary/aromatic N) is 1. The van der Waals surface area contributed by atoms with E-state index in [0.29, 0.717) is 24.4 Å². The lowest BCUT2D eigenvalue weighted by Gasteiger charge is -2.19. The van der Waals surface area contributed by atoms with E-state index in [0.717, 1.165) is 5.75 Å². The molecule has 0 unspecified atom stereocenters. The van der Waals surface area contributed by atoms with Crippen molar-refractivity contribution in [1.29, 1.82) is 0 Å². The van der Waals surface area contributed by atoms with Crippen molar-refractivity contribution in [3.63, 3.8) is 0 Å². The monoisotopic (exact) mass is 326 g/mol. The number of carbonyl (C=O) groups is 2. The molecule has 2 amide bonds. The van der Waals surface area contributed by atoms with Gasteiger partial charge in [0.2, 0.25) is 5.91 Å². The summed E-state index contributed by atoms with van der Waals surface area (Å²) in [6.45, 7) is 2.86. The number of hydrogen-bond donors (Lipinski definition) is 1. The van der Waals surface area contributed by atoms with Gasteiger partial charge in [0.15, 0.2) is 0 Å². The third-order valence-electron chi connectivity index (χ3n) is 3.49. The number of rotatable bonds is 6. The summed E-state index contributed by atoms with van der Waals surface area (Å²) in [4.78, 5) is 25.1. The smallest absolute Gasteiger partial charge is 0.281 e. The molecule has 120 valence electrons. The minimum absolute atomic E-state index is 0.0210. The number of hydrogen-bond acceptors (Lipinski definition) is 4. The van der Waals surface area contributed by atoms with Crippen LogP contribution in [0.4, 0.5) is 9.18 Å². The molecule has 1 fully saturated rings. The summed E-state index contributed by atoms with van der Waals surface area (Å²) in [5.74, 6) is 0.748. The van der Waals surface area contributed by atoms with Crippen LogP contribution in [0.15, 0.2) is 18.2 Å². The Labute approximate surface area is 133 Å². The minimum atomic E-state index is -0.378. The van der Waals surface area contributed by atoms with E-state index in [1.54, 1.807) is 11.8 Å². The second-order valence-electron chi connectivity index (χ2n) is 5.03. The zero-order valence-electron chi connectivity index (χ0n) is 12.6. The molecule has 5 nitrogen and oxygen atoms in total. The highest BCUT2D eigenvalue weighted by Crippen LogP contribution is 2.26. The first-order valence-electron chi connectivity index (χ1n) is 7.05. The van der Waals surface area contributed by atoms with Crippen molar-refractivity contribution in [2.75, 3.05) is 26.0 Å². The first-order valence-corrected chi connectivity index (χ1v) is 8.04. The van der Waals surface area contributed by atoms with Crippen LogP contribution in [0.1, 0.15) is 24.9 Å². The highest BCUT2D eigenvalue weighted by molar-refractivity contribution is 8.13. The van der Waals surface area contributed by atoms with Gasteiger partial charge >= 0.3 is 0 Å². The Balaban J connectivity index is 1.90. The summed E-state index contributed by atoms with van der Waals surface area (Å²) in [6.07, 6.45) is 0.230. The Morgan fingerprint density at radius 3 is 2.95 bits per heavy atom. The molecule has 1 N–H and O–H groups in total. The summed E-state index contributed by atoms with van der Waals surface area (Å²) in [5.41, 5.74) is 0.587. The summed E-state index contributed by atoms with van der Waals surface area (Å²) >= 11 is 1.27. The second kappa shape index (κ2) is 7.49. The Kier molecular flexibility index (Phi) is 5.65. The number of ether oxygens (including phenoxy) is 1. The quantitative estimate of drug-likeness (QED) is 0.873. The zero-order valence-corrected chi connectivity index (χ0v) is 13.4. The molecule has 1 aliphatic heterocycles. The predicted molar refractivity (Wildman–Crippen MR) is 83.6 cm³/mol. The van der Waals surface area contributed by atoms with Gasteiger partial charge in [0.25, 0.3) is 5.24 Å². The highest BCUT2D eigenvalue weighted by Gasteiger charge is 2.22. The molecule has 1 atom stereocenters. The molecule has 0 spiro atoms. The fraction of sp³-hybridized carbons (Fsp3) is 0.467. The molecule has 1 aliphatic rings. The lowest BCUT2D eigenvalue weighted by atomic mass is 10.1. The minimum Gasteiger partial charge on any atom is -0.496 e. The Bertz CT molecular complexity index is 568. The van der Waals surface area contributed by atoms with Gasteiger partial charge in [-0.3, -0.25) is 9.59 Å². The summed E-state index contributed by atoms with van der Waals surface area (Å²) in [6, 6.07) is 3.83. The van der Waals surface area contributed by atoms with E-state index >= 15 is 0 Å². The van der Waals surface area contributed by atoms with Crippen molar-refractivity contribution in [3.8, 4) is 5.75 Å². The fourth-order valence-electron chi connectivity index (χ4n) is 2.30. The van der Waals surface area contributed by atoms with E-state index in [9.17, 15) is 14.0 Å². The first kappa shape index (κ1) is 16.6. The van der Waals surface area contributed by atoms with Crippen LogP contribution in [0.5, 0.6) is 5.75 Å². The third kappa shape index (κ3) is 4.13. The Hall–Kier alpha value is -1.76. The number of thioether (sulfide) groups is 1. The molecule has 2 rings (SSSR count). The standard InChI is InChI=1S/C15H19FN2O3S/c1-10(12-9-11(16)3-4-13(12)21-2)17-14(19)5-6-18-7-8-22-15(18)20/h3-4,9-10H,5-8H2,1-2H3,(H,17,19)/t10-/m1/s1. The average molecular weight is 326 g/mol. The lowest BCUT2D eigenvalue weighted by molar-refractivity contribution is -0.121. The Morgan fingerprint density at radius 2 is 2.32 bits per heavy atom. The molecule has 7 heteroatoms. The first-order chi connectivity index (χ1) is 10.5. The number of halogens is 1. The summed E-state index contributed by atoms with van der Waals surface area (Å²) in [7, 11) is 1.50. The van der Waals surface area contributed by atoms with E-state index in [1.807, 2.05) is 0 Å². The van der Waals surface area contributed by atoms with Gasteiger partial charge in [-0.25, -0.2) is 4.39 Å². The topological polar surface area (TPSA) is 58.6 Å². The summed E-state index contributed by atoms with van der Waals surface area (Å²) in [5, 5.41) is 2.83. The molecule has 0 aliphatic carbocycles. The number of nitrogens with one attached hydrogen (secondary N) is 1.